The number of anilines is 1. The van der Waals surface area contributed by atoms with E-state index in [9.17, 15) is 9.59 Å². The number of hydrogen-bond acceptors (Lipinski definition) is 5. The van der Waals surface area contributed by atoms with Gasteiger partial charge in [0, 0.05) is 17.1 Å². The Morgan fingerprint density at radius 2 is 2.25 bits per heavy atom. The van der Waals surface area contributed by atoms with Gasteiger partial charge >= 0.3 is 0 Å². The van der Waals surface area contributed by atoms with Crippen molar-refractivity contribution in [2.75, 3.05) is 11.1 Å². The molecule has 1 aromatic rings. The SMILES string of the molecule is Cc1nc(NC(=O)[C@@H]2CS[C@]3(C)CCC(=O)N23)sc1C. The van der Waals surface area contributed by atoms with Crippen LogP contribution in [-0.4, -0.2) is 38.4 Å². The van der Waals surface area contributed by atoms with E-state index in [0.717, 1.165) is 17.0 Å². The fourth-order valence-electron chi connectivity index (χ4n) is 2.73. The smallest absolute Gasteiger partial charge is 0.249 e. The molecule has 0 unspecified atom stereocenters. The van der Waals surface area contributed by atoms with Crippen molar-refractivity contribution in [2.24, 2.45) is 0 Å². The normalized spacial score (nSPS) is 28.9. The number of carbonyl (C=O) groups is 2. The Labute approximate surface area is 126 Å². The van der Waals surface area contributed by atoms with Crippen molar-refractivity contribution in [2.45, 2.75) is 44.5 Å². The van der Waals surface area contributed by atoms with Crippen LogP contribution in [0.2, 0.25) is 0 Å². The predicted molar refractivity (Wildman–Crippen MR) is 80.9 cm³/mol. The highest BCUT2D eigenvalue weighted by Gasteiger charge is 2.52. The summed E-state index contributed by atoms with van der Waals surface area (Å²) >= 11 is 3.17. The standard InChI is InChI=1S/C13H17N3O2S2/c1-7-8(2)20-12(14-7)15-11(18)9-6-19-13(3)5-4-10(17)16(9)13/h9H,4-6H2,1-3H3,(H,14,15,18)/t9-,13+/m0/s1. The first-order chi connectivity index (χ1) is 9.40. The molecule has 3 heterocycles. The highest BCUT2D eigenvalue weighted by atomic mass is 32.2. The van der Waals surface area contributed by atoms with E-state index in [-0.39, 0.29) is 22.7 Å². The number of rotatable bonds is 2. The first-order valence-electron chi connectivity index (χ1n) is 6.62. The molecule has 108 valence electrons. The molecule has 0 saturated carbocycles. The predicted octanol–water partition coefficient (Wildman–Crippen LogP) is 2.15. The van der Waals surface area contributed by atoms with Crippen molar-refractivity contribution in [1.29, 1.82) is 0 Å². The summed E-state index contributed by atoms with van der Waals surface area (Å²) in [4.78, 5) is 31.4. The molecule has 0 aliphatic carbocycles. The first kappa shape index (κ1) is 13.9. The molecule has 2 saturated heterocycles. The molecule has 1 N–H and O–H groups in total. The number of thiazole rings is 1. The van der Waals surface area contributed by atoms with Crippen molar-refractivity contribution in [3.63, 3.8) is 0 Å². The molecule has 3 rings (SSSR count). The maximum atomic E-state index is 12.4. The maximum absolute atomic E-state index is 12.4. The van der Waals surface area contributed by atoms with Crippen molar-refractivity contribution >= 4 is 40.0 Å². The van der Waals surface area contributed by atoms with E-state index < -0.39 is 0 Å². The van der Waals surface area contributed by atoms with E-state index >= 15 is 0 Å². The van der Waals surface area contributed by atoms with Crippen molar-refractivity contribution in [1.82, 2.24) is 9.88 Å². The molecule has 2 aliphatic rings. The number of aromatic nitrogens is 1. The highest BCUT2D eigenvalue weighted by molar-refractivity contribution is 8.01. The zero-order valence-electron chi connectivity index (χ0n) is 11.7. The third-order valence-corrected chi connectivity index (χ3v) is 6.50. The summed E-state index contributed by atoms with van der Waals surface area (Å²) in [6.45, 7) is 5.96. The minimum Gasteiger partial charge on any atom is -0.315 e. The molecule has 0 radical (unpaired) electrons. The van der Waals surface area contributed by atoms with Gasteiger partial charge in [-0.05, 0) is 27.2 Å². The summed E-state index contributed by atoms with van der Waals surface area (Å²) in [6, 6.07) is -0.371. The molecule has 1 aromatic heterocycles. The molecule has 2 aliphatic heterocycles. The summed E-state index contributed by atoms with van der Waals surface area (Å²) < 4.78 is 0. The second-order valence-electron chi connectivity index (χ2n) is 5.42. The van der Waals surface area contributed by atoms with Gasteiger partial charge in [0.25, 0.3) is 0 Å². The van der Waals surface area contributed by atoms with E-state index in [2.05, 4.69) is 10.3 Å². The molecule has 2 amide bonds. The number of aryl methyl sites for hydroxylation is 2. The van der Waals surface area contributed by atoms with E-state index in [4.69, 9.17) is 0 Å². The van der Waals surface area contributed by atoms with Gasteiger partial charge in [0.05, 0.1) is 10.6 Å². The first-order valence-corrected chi connectivity index (χ1v) is 8.42. The van der Waals surface area contributed by atoms with Crippen LogP contribution < -0.4 is 5.32 Å². The Balaban J connectivity index is 1.76. The minimum atomic E-state index is -0.371. The summed E-state index contributed by atoms with van der Waals surface area (Å²) in [5.41, 5.74) is 0.938. The quantitative estimate of drug-likeness (QED) is 0.909. The van der Waals surface area contributed by atoms with E-state index in [1.807, 2.05) is 20.8 Å². The molecule has 5 nitrogen and oxygen atoms in total. The molecule has 2 fully saturated rings. The number of thioether (sulfide) groups is 1. The summed E-state index contributed by atoms with van der Waals surface area (Å²) in [5.74, 6) is 0.631. The van der Waals surface area contributed by atoms with Gasteiger partial charge in [-0.15, -0.1) is 23.1 Å². The van der Waals surface area contributed by atoms with Crippen LogP contribution in [0.5, 0.6) is 0 Å². The number of fused-ring (bicyclic) bond motifs is 1. The number of hydrogen-bond donors (Lipinski definition) is 1. The van der Waals surface area contributed by atoms with Crippen LogP contribution in [0.3, 0.4) is 0 Å². The van der Waals surface area contributed by atoms with Gasteiger partial charge in [-0.25, -0.2) is 4.98 Å². The van der Waals surface area contributed by atoms with E-state index in [1.165, 1.54) is 11.3 Å². The monoisotopic (exact) mass is 311 g/mol. The zero-order chi connectivity index (χ0) is 14.5. The Kier molecular flexibility index (Phi) is 3.29. The lowest BCUT2D eigenvalue weighted by Crippen LogP contribution is -2.48. The molecule has 0 spiro atoms. The Morgan fingerprint density at radius 1 is 1.50 bits per heavy atom. The molecule has 20 heavy (non-hydrogen) atoms. The third-order valence-electron chi connectivity index (χ3n) is 4.01. The molecule has 0 bridgehead atoms. The van der Waals surface area contributed by atoms with Gasteiger partial charge in [0.15, 0.2) is 5.13 Å². The van der Waals surface area contributed by atoms with Gasteiger partial charge < -0.3 is 10.2 Å². The summed E-state index contributed by atoms with van der Waals surface area (Å²) in [6.07, 6.45) is 1.37. The maximum Gasteiger partial charge on any atom is 0.249 e. The second-order valence-corrected chi connectivity index (χ2v) is 8.12. The van der Waals surface area contributed by atoms with Crippen LogP contribution in [0.1, 0.15) is 30.3 Å². The van der Waals surface area contributed by atoms with Crippen LogP contribution in [0.15, 0.2) is 0 Å². The lowest BCUT2D eigenvalue weighted by Gasteiger charge is -2.29. The molecular weight excluding hydrogens is 294 g/mol. The Hall–Kier alpha value is -1.08. The van der Waals surface area contributed by atoms with Gasteiger partial charge in [-0.3, -0.25) is 9.59 Å². The average molecular weight is 311 g/mol. The highest BCUT2D eigenvalue weighted by Crippen LogP contribution is 2.47. The fourth-order valence-corrected chi connectivity index (χ4v) is 4.98. The Morgan fingerprint density at radius 3 is 2.90 bits per heavy atom. The van der Waals surface area contributed by atoms with Crippen molar-refractivity contribution in [3.8, 4) is 0 Å². The number of carbonyl (C=O) groups excluding carboxylic acids is 2. The topological polar surface area (TPSA) is 62.3 Å². The van der Waals surface area contributed by atoms with Crippen molar-refractivity contribution < 1.29 is 9.59 Å². The van der Waals surface area contributed by atoms with E-state index in [0.29, 0.717) is 17.3 Å². The average Bonchev–Trinajstić information content (AvgIpc) is 2.96. The van der Waals surface area contributed by atoms with Crippen LogP contribution in [-0.2, 0) is 9.59 Å². The zero-order valence-corrected chi connectivity index (χ0v) is 13.4. The number of amides is 2. The van der Waals surface area contributed by atoms with Crippen LogP contribution in [0.25, 0.3) is 0 Å². The van der Waals surface area contributed by atoms with Gasteiger partial charge in [-0.2, -0.15) is 0 Å². The van der Waals surface area contributed by atoms with Crippen LogP contribution in [0.4, 0.5) is 5.13 Å². The van der Waals surface area contributed by atoms with Gasteiger partial charge in [0.2, 0.25) is 11.8 Å². The Bertz CT molecular complexity index is 567. The largest absolute Gasteiger partial charge is 0.315 e. The van der Waals surface area contributed by atoms with Gasteiger partial charge in [0.1, 0.15) is 6.04 Å². The van der Waals surface area contributed by atoms with Gasteiger partial charge in [-0.1, -0.05) is 0 Å². The minimum absolute atomic E-state index is 0.0872. The summed E-state index contributed by atoms with van der Waals surface area (Å²) in [5, 5.41) is 3.48. The molecule has 2 atom stereocenters. The third kappa shape index (κ3) is 2.13. The lowest BCUT2D eigenvalue weighted by atomic mass is 10.2. The molecule has 7 heteroatoms. The number of nitrogens with zero attached hydrogens (tertiary/aromatic N) is 2. The van der Waals surface area contributed by atoms with Crippen molar-refractivity contribution in [3.05, 3.63) is 10.6 Å². The fraction of sp³-hybridized carbons (Fsp3) is 0.615. The van der Waals surface area contributed by atoms with Crippen LogP contribution >= 0.6 is 23.1 Å². The molecular formula is C13H17N3O2S2. The van der Waals surface area contributed by atoms with E-state index in [1.54, 1.807) is 16.7 Å². The second kappa shape index (κ2) is 4.73. The van der Waals surface area contributed by atoms with Crippen LogP contribution in [0, 0.1) is 13.8 Å². The summed E-state index contributed by atoms with van der Waals surface area (Å²) in [7, 11) is 0. The lowest BCUT2D eigenvalue weighted by molar-refractivity contribution is -0.135. The number of nitrogens with one attached hydrogen (secondary N) is 1. The molecule has 0 aromatic carbocycles.